The van der Waals surface area contributed by atoms with Crippen LogP contribution in [-0.4, -0.2) is 49.5 Å². The third kappa shape index (κ3) is 2.78. The Labute approximate surface area is 115 Å². The number of hydrogen-bond donors (Lipinski definition) is 2. The van der Waals surface area contributed by atoms with E-state index in [1.165, 1.54) is 0 Å². The van der Waals surface area contributed by atoms with Crippen molar-refractivity contribution < 1.29 is 9.47 Å². The molecule has 1 unspecified atom stereocenters. The van der Waals surface area contributed by atoms with Gasteiger partial charge in [-0.1, -0.05) is 0 Å². The summed E-state index contributed by atoms with van der Waals surface area (Å²) in [4.78, 5) is 9.84. The Bertz CT molecular complexity index is 554. The number of fused-ring (bicyclic) bond motifs is 1. The van der Waals surface area contributed by atoms with E-state index in [1.54, 1.807) is 11.3 Å². The molecule has 1 atom stereocenters. The van der Waals surface area contributed by atoms with Crippen LogP contribution in [0.15, 0.2) is 11.4 Å². The topological polar surface area (TPSA) is 68.3 Å². The van der Waals surface area contributed by atoms with Crippen molar-refractivity contribution in [3.63, 3.8) is 0 Å². The molecule has 0 saturated carbocycles. The molecule has 2 aromatic heterocycles. The van der Waals surface area contributed by atoms with Crippen molar-refractivity contribution in [2.45, 2.75) is 6.10 Å². The first-order valence-corrected chi connectivity index (χ1v) is 7.11. The Morgan fingerprint density at radius 3 is 3.16 bits per heavy atom. The Hall–Kier alpha value is -1.44. The molecule has 102 valence electrons. The summed E-state index contributed by atoms with van der Waals surface area (Å²) in [6.45, 7) is 2.66. The predicted molar refractivity (Wildman–Crippen MR) is 76.0 cm³/mol. The molecule has 19 heavy (non-hydrogen) atoms. The van der Waals surface area contributed by atoms with Gasteiger partial charge < -0.3 is 20.1 Å². The first kappa shape index (κ1) is 12.6. The Morgan fingerprint density at radius 2 is 2.37 bits per heavy atom. The van der Waals surface area contributed by atoms with Gasteiger partial charge in [0.25, 0.3) is 0 Å². The van der Waals surface area contributed by atoms with E-state index in [9.17, 15) is 0 Å². The summed E-state index contributed by atoms with van der Waals surface area (Å²) in [7, 11) is 1.82. The van der Waals surface area contributed by atoms with Crippen molar-refractivity contribution >= 4 is 33.3 Å². The molecule has 3 heterocycles. The zero-order valence-electron chi connectivity index (χ0n) is 10.7. The minimum absolute atomic E-state index is 0.0791. The molecule has 2 aromatic rings. The van der Waals surface area contributed by atoms with Crippen molar-refractivity contribution in [3.8, 4) is 0 Å². The molecule has 0 aromatic carbocycles. The van der Waals surface area contributed by atoms with Gasteiger partial charge in [-0.05, 0) is 11.4 Å². The van der Waals surface area contributed by atoms with Crippen LogP contribution in [0.25, 0.3) is 10.2 Å². The van der Waals surface area contributed by atoms with Gasteiger partial charge in [-0.15, -0.1) is 11.3 Å². The maximum atomic E-state index is 5.61. The third-order valence-electron chi connectivity index (χ3n) is 2.93. The fourth-order valence-electron chi connectivity index (χ4n) is 1.97. The number of hydrogen-bond acceptors (Lipinski definition) is 7. The summed E-state index contributed by atoms with van der Waals surface area (Å²) < 4.78 is 11.0. The van der Waals surface area contributed by atoms with Crippen molar-refractivity contribution in [1.82, 2.24) is 9.97 Å². The molecule has 1 saturated heterocycles. The number of ether oxygens (including phenoxy) is 2. The number of nitrogens with zero attached hydrogens (tertiary/aromatic N) is 2. The smallest absolute Gasteiger partial charge is 0.225 e. The maximum Gasteiger partial charge on any atom is 0.225 e. The number of rotatable bonds is 4. The van der Waals surface area contributed by atoms with Gasteiger partial charge in [0.15, 0.2) is 0 Å². The van der Waals surface area contributed by atoms with E-state index in [1.807, 2.05) is 18.5 Å². The van der Waals surface area contributed by atoms with Crippen LogP contribution in [0.4, 0.5) is 11.8 Å². The lowest BCUT2D eigenvalue weighted by molar-refractivity contribution is -0.0819. The molecule has 7 heteroatoms. The summed E-state index contributed by atoms with van der Waals surface area (Å²) in [5.74, 6) is 1.46. The van der Waals surface area contributed by atoms with Crippen molar-refractivity contribution in [1.29, 1.82) is 0 Å². The summed E-state index contributed by atoms with van der Waals surface area (Å²) >= 11 is 1.61. The SMILES string of the molecule is CNc1nc(NCC2COCCO2)c2ccsc2n1. The Morgan fingerprint density at radius 1 is 1.42 bits per heavy atom. The normalized spacial score (nSPS) is 19.5. The molecule has 1 aliphatic rings. The molecule has 1 fully saturated rings. The molecule has 0 aliphatic carbocycles. The standard InChI is InChI=1S/C12H16N4O2S/c1-13-12-15-10(9-2-5-19-11(9)16-12)14-6-8-7-17-3-4-18-8/h2,5,8H,3-4,6-7H2,1H3,(H2,13,14,15,16). The summed E-state index contributed by atoms with van der Waals surface area (Å²) in [5.41, 5.74) is 0. The molecular formula is C12H16N4O2S. The van der Waals surface area contributed by atoms with Gasteiger partial charge in [-0.3, -0.25) is 0 Å². The lowest BCUT2D eigenvalue weighted by atomic mass is 10.3. The molecular weight excluding hydrogens is 264 g/mol. The monoisotopic (exact) mass is 280 g/mol. The largest absolute Gasteiger partial charge is 0.376 e. The van der Waals surface area contributed by atoms with Gasteiger partial charge in [0.2, 0.25) is 5.95 Å². The number of aromatic nitrogens is 2. The maximum absolute atomic E-state index is 5.61. The summed E-state index contributed by atoms with van der Waals surface area (Å²) in [5, 5.41) is 9.36. The van der Waals surface area contributed by atoms with E-state index in [0.29, 0.717) is 32.3 Å². The second-order valence-corrected chi connectivity index (χ2v) is 5.13. The fraction of sp³-hybridized carbons (Fsp3) is 0.500. The Kier molecular flexibility index (Phi) is 3.77. The van der Waals surface area contributed by atoms with Gasteiger partial charge in [0.1, 0.15) is 10.6 Å². The number of anilines is 2. The van der Waals surface area contributed by atoms with Crippen LogP contribution in [0.2, 0.25) is 0 Å². The summed E-state index contributed by atoms with van der Waals surface area (Å²) in [6.07, 6.45) is 0.0791. The molecule has 2 N–H and O–H groups in total. The molecule has 3 rings (SSSR count). The zero-order valence-corrected chi connectivity index (χ0v) is 11.5. The second-order valence-electron chi connectivity index (χ2n) is 4.23. The average Bonchev–Trinajstić information content (AvgIpc) is 2.94. The fourth-order valence-corrected chi connectivity index (χ4v) is 2.73. The first-order chi connectivity index (χ1) is 9.36. The quantitative estimate of drug-likeness (QED) is 0.886. The highest BCUT2D eigenvalue weighted by Crippen LogP contribution is 2.26. The number of thiophene rings is 1. The van der Waals surface area contributed by atoms with Gasteiger partial charge in [0, 0.05) is 13.6 Å². The molecule has 6 nitrogen and oxygen atoms in total. The highest BCUT2D eigenvalue weighted by molar-refractivity contribution is 7.16. The van der Waals surface area contributed by atoms with E-state index in [0.717, 1.165) is 16.0 Å². The van der Waals surface area contributed by atoms with Gasteiger partial charge in [0.05, 0.1) is 31.3 Å². The van der Waals surface area contributed by atoms with Crippen LogP contribution in [0.1, 0.15) is 0 Å². The van der Waals surface area contributed by atoms with E-state index in [4.69, 9.17) is 9.47 Å². The minimum atomic E-state index is 0.0791. The highest BCUT2D eigenvalue weighted by Gasteiger charge is 2.15. The van der Waals surface area contributed by atoms with Crippen molar-refractivity contribution in [2.75, 3.05) is 44.0 Å². The van der Waals surface area contributed by atoms with Crippen molar-refractivity contribution in [2.24, 2.45) is 0 Å². The second kappa shape index (κ2) is 5.68. The lowest BCUT2D eigenvalue weighted by Crippen LogP contribution is -2.34. The van der Waals surface area contributed by atoms with Crippen LogP contribution < -0.4 is 10.6 Å². The zero-order chi connectivity index (χ0) is 13.1. The molecule has 0 amide bonds. The van der Waals surface area contributed by atoms with Crippen LogP contribution in [0, 0.1) is 0 Å². The van der Waals surface area contributed by atoms with E-state index in [2.05, 4.69) is 20.6 Å². The predicted octanol–water partition coefficient (Wildman–Crippen LogP) is 1.56. The average molecular weight is 280 g/mol. The van der Waals surface area contributed by atoms with E-state index < -0.39 is 0 Å². The molecule has 0 radical (unpaired) electrons. The van der Waals surface area contributed by atoms with E-state index in [-0.39, 0.29) is 6.10 Å². The van der Waals surface area contributed by atoms with E-state index >= 15 is 0 Å². The minimum Gasteiger partial charge on any atom is -0.376 e. The van der Waals surface area contributed by atoms with Crippen LogP contribution in [0.3, 0.4) is 0 Å². The first-order valence-electron chi connectivity index (χ1n) is 6.23. The summed E-state index contributed by atoms with van der Waals surface area (Å²) in [6, 6.07) is 2.03. The lowest BCUT2D eigenvalue weighted by Gasteiger charge is -2.23. The van der Waals surface area contributed by atoms with Crippen molar-refractivity contribution in [3.05, 3.63) is 11.4 Å². The van der Waals surface area contributed by atoms with Crippen LogP contribution in [-0.2, 0) is 9.47 Å². The third-order valence-corrected chi connectivity index (χ3v) is 3.74. The van der Waals surface area contributed by atoms with Crippen LogP contribution >= 0.6 is 11.3 Å². The molecule has 0 spiro atoms. The Balaban J connectivity index is 1.77. The number of nitrogens with one attached hydrogen (secondary N) is 2. The van der Waals surface area contributed by atoms with Gasteiger partial charge in [-0.25, -0.2) is 4.98 Å². The molecule has 0 bridgehead atoms. The molecule has 1 aliphatic heterocycles. The highest BCUT2D eigenvalue weighted by atomic mass is 32.1. The van der Waals surface area contributed by atoms with Crippen LogP contribution in [0.5, 0.6) is 0 Å². The van der Waals surface area contributed by atoms with Gasteiger partial charge >= 0.3 is 0 Å². The van der Waals surface area contributed by atoms with Gasteiger partial charge in [-0.2, -0.15) is 4.98 Å².